The molecule has 6 nitrogen and oxygen atoms in total. The zero-order valence-corrected chi connectivity index (χ0v) is 15.3. The first-order valence-corrected chi connectivity index (χ1v) is 8.87. The van der Waals surface area contributed by atoms with E-state index in [0.29, 0.717) is 5.39 Å². The average Bonchev–Trinajstić information content (AvgIpc) is 2.71. The maximum absolute atomic E-state index is 12.6. The van der Waals surface area contributed by atoms with E-state index in [2.05, 4.69) is 5.32 Å². The lowest BCUT2D eigenvalue weighted by Crippen LogP contribution is -2.48. The van der Waals surface area contributed by atoms with E-state index in [4.69, 9.17) is 4.74 Å². The number of aromatic hydroxyl groups is 1. The van der Waals surface area contributed by atoms with Crippen molar-refractivity contribution in [2.75, 3.05) is 0 Å². The molecule has 0 aliphatic rings. The van der Waals surface area contributed by atoms with Gasteiger partial charge in [-0.1, -0.05) is 60.7 Å². The molecule has 0 radical (unpaired) electrons. The van der Waals surface area contributed by atoms with E-state index in [1.807, 2.05) is 30.3 Å². The van der Waals surface area contributed by atoms with E-state index in [1.54, 1.807) is 30.3 Å². The second-order valence-corrected chi connectivity index (χ2v) is 6.47. The Labute approximate surface area is 162 Å². The maximum Gasteiger partial charge on any atom is 0.331 e. The lowest BCUT2D eigenvalue weighted by Gasteiger charge is -2.20. The smallest absolute Gasteiger partial charge is 0.331 e. The SMILES string of the molecule is C[C@@H](O)[C@H](NC(=O)c1ccc2ccccc2c1O)C(=O)OCc1ccccc1. The average molecular weight is 379 g/mol. The molecule has 0 aliphatic heterocycles. The van der Waals surface area contributed by atoms with Gasteiger partial charge in [-0.15, -0.1) is 0 Å². The molecule has 0 saturated carbocycles. The molecular weight excluding hydrogens is 358 g/mol. The number of aliphatic hydroxyl groups excluding tert-OH is 1. The summed E-state index contributed by atoms with van der Waals surface area (Å²) in [7, 11) is 0. The number of ether oxygens (including phenoxy) is 1. The Hall–Kier alpha value is -3.38. The summed E-state index contributed by atoms with van der Waals surface area (Å²) in [5, 5.41) is 24.1. The van der Waals surface area contributed by atoms with Crippen LogP contribution in [0.3, 0.4) is 0 Å². The lowest BCUT2D eigenvalue weighted by atomic mass is 10.0. The Morgan fingerprint density at radius 2 is 1.68 bits per heavy atom. The summed E-state index contributed by atoms with van der Waals surface area (Å²) in [6.45, 7) is 1.41. The van der Waals surface area contributed by atoms with Gasteiger partial charge in [0.2, 0.25) is 0 Å². The van der Waals surface area contributed by atoms with Crippen LogP contribution < -0.4 is 5.32 Å². The summed E-state index contributed by atoms with van der Waals surface area (Å²) in [6.07, 6.45) is -1.17. The van der Waals surface area contributed by atoms with Gasteiger partial charge in [0.05, 0.1) is 11.7 Å². The highest BCUT2D eigenvalue weighted by Gasteiger charge is 2.28. The van der Waals surface area contributed by atoms with Crippen LogP contribution in [-0.2, 0) is 16.1 Å². The maximum atomic E-state index is 12.6. The third-order valence-electron chi connectivity index (χ3n) is 4.39. The van der Waals surface area contributed by atoms with Gasteiger partial charge in [0, 0.05) is 5.39 Å². The van der Waals surface area contributed by atoms with Gasteiger partial charge in [0.1, 0.15) is 12.4 Å². The number of amides is 1. The molecule has 0 bridgehead atoms. The molecule has 6 heteroatoms. The van der Waals surface area contributed by atoms with Gasteiger partial charge in [-0.2, -0.15) is 0 Å². The zero-order valence-electron chi connectivity index (χ0n) is 15.3. The fraction of sp³-hybridized carbons (Fsp3) is 0.182. The number of esters is 1. The summed E-state index contributed by atoms with van der Waals surface area (Å²) >= 11 is 0. The van der Waals surface area contributed by atoms with Crippen molar-refractivity contribution in [3.8, 4) is 5.75 Å². The fourth-order valence-corrected chi connectivity index (χ4v) is 2.85. The highest BCUT2D eigenvalue weighted by molar-refractivity contribution is 6.04. The topological polar surface area (TPSA) is 95.9 Å². The molecule has 3 aromatic rings. The van der Waals surface area contributed by atoms with Gasteiger partial charge in [0.15, 0.2) is 6.04 Å². The van der Waals surface area contributed by atoms with Gasteiger partial charge in [-0.3, -0.25) is 4.79 Å². The van der Waals surface area contributed by atoms with Crippen molar-refractivity contribution in [3.05, 3.63) is 77.9 Å². The number of phenols is 1. The molecule has 144 valence electrons. The number of hydrogen-bond acceptors (Lipinski definition) is 5. The van der Waals surface area contributed by atoms with Gasteiger partial charge >= 0.3 is 5.97 Å². The Balaban J connectivity index is 1.74. The monoisotopic (exact) mass is 379 g/mol. The summed E-state index contributed by atoms with van der Waals surface area (Å²) < 4.78 is 5.21. The predicted octanol–water partition coefficient (Wildman–Crippen LogP) is 2.77. The van der Waals surface area contributed by atoms with Crippen molar-refractivity contribution in [1.82, 2.24) is 5.32 Å². The number of fused-ring (bicyclic) bond motifs is 1. The van der Waals surface area contributed by atoms with Gasteiger partial charge in [0.25, 0.3) is 5.91 Å². The van der Waals surface area contributed by atoms with Gasteiger partial charge < -0.3 is 20.3 Å². The summed E-state index contributed by atoms with van der Waals surface area (Å²) in [5.41, 5.74) is 0.805. The van der Waals surface area contributed by atoms with Crippen molar-refractivity contribution < 1.29 is 24.5 Å². The minimum Gasteiger partial charge on any atom is -0.506 e. The highest BCUT2D eigenvalue weighted by atomic mass is 16.5. The Morgan fingerprint density at radius 1 is 1.00 bits per heavy atom. The van der Waals surface area contributed by atoms with E-state index in [-0.39, 0.29) is 17.9 Å². The molecule has 0 aromatic heterocycles. The number of phenolic OH excluding ortho intramolecular Hbond substituents is 1. The van der Waals surface area contributed by atoms with Crippen LogP contribution in [0.5, 0.6) is 5.75 Å². The molecule has 0 heterocycles. The molecule has 0 spiro atoms. The summed E-state index contributed by atoms with van der Waals surface area (Å²) in [6, 6.07) is 18.1. The number of hydrogen-bond donors (Lipinski definition) is 3. The number of nitrogens with one attached hydrogen (secondary N) is 1. The number of rotatable bonds is 6. The highest BCUT2D eigenvalue weighted by Crippen LogP contribution is 2.28. The molecule has 3 aromatic carbocycles. The van der Waals surface area contributed by atoms with Crippen LogP contribution in [0, 0.1) is 0 Å². The zero-order chi connectivity index (χ0) is 20.1. The van der Waals surface area contributed by atoms with Crippen molar-refractivity contribution in [3.63, 3.8) is 0 Å². The number of aliphatic hydroxyl groups is 1. The van der Waals surface area contributed by atoms with Crippen LogP contribution in [-0.4, -0.2) is 34.2 Å². The summed E-state index contributed by atoms with van der Waals surface area (Å²) in [4.78, 5) is 25.0. The number of benzene rings is 3. The third kappa shape index (κ3) is 4.29. The van der Waals surface area contributed by atoms with Crippen LogP contribution in [0.2, 0.25) is 0 Å². The molecule has 3 rings (SSSR count). The lowest BCUT2D eigenvalue weighted by molar-refractivity contribution is -0.150. The standard InChI is InChI=1S/C22H21NO5/c1-14(24)19(22(27)28-13-15-7-3-2-4-8-15)23-21(26)18-12-11-16-9-5-6-10-17(16)20(18)25/h2-12,14,19,24-25H,13H2,1H3,(H,23,26)/t14-,19+/m1/s1. The summed E-state index contributed by atoms with van der Waals surface area (Å²) in [5.74, 6) is -1.61. The molecule has 1 amide bonds. The van der Waals surface area contributed by atoms with Gasteiger partial charge in [-0.05, 0) is 23.9 Å². The van der Waals surface area contributed by atoms with E-state index in [0.717, 1.165) is 10.9 Å². The molecular formula is C22H21NO5. The minimum atomic E-state index is -1.26. The van der Waals surface area contributed by atoms with Gasteiger partial charge in [-0.25, -0.2) is 4.79 Å². The fourth-order valence-electron chi connectivity index (χ4n) is 2.85. The second kappa shape index (κ2) is 8.54. The molecule has 0 unspecified atom stereocenters. The third-order valence-corrected chi connectivity index (χ3v) is 4.39. The Kier molecular flexibility index (Phi) is 5.91. The van der Waals surface area contributed by atoms with Crippen LogP contribution >= 0.6 is 0 Å². The molecule has 0 saturated heterocycles. The number of carbonyl (C=O) groups excluding carboxylic acids is 2. The quantitative estimate of drug-likeness (QED) is 0.573. The molecule has 28 heavy (non-hydrogen) atoms. The largest absolute Gasteiger partial charge is 0.506 e. The van der Waals surface area contributed by atoms with Crippen molar-refractivity contribution in [2.24, 2.45) is 0 Å². The van der Waals surface area contributed by atoms with Crippen molar-refractivity contribution in [2.45, 2.75) is 25.7 Å². The van der Waals surface area contributed by atoms with E-state index in [9.17, 15) is 19.8 Å². The van der Waals surface area contributed by atoms with Crippen LogP contribution in [0.1, 0.15) is 22.8 Å². The van der Waals surface area contributed by atoms with Crippen LogP contribution in [0.15, 0.2) is 66.7 Å². The van der Waals surface area contributed by atoms with E-state index in [1.165, 1.54) is 13.0 Å². The van der Waals surface area contributed by atoms with E-state index >= 15 is 0 Å². The normalized spacial score (nSPS) is 12.9. The van der Waals surface area contributed by atoms with Crippen LogP contribution in [0.25, 0.3) is 10.8 Å². The van der Waals surface area contributed by atoms with Crippen molar-refractivity contribution in [1.29, 1.82) is 0 Å². The first-order valence-electron chi connectivity index (χ1n) is 8.87. The molecule has 0 fully saturated rings. The van der Waals surface area contributed by atoms with Crippen molar-refractivity contribution >= 4 is 22.6 Å². The predicted molar refractivity (Wildman–Crippen MR) is 105 cm³/mol. The molecule has 0 aliphatic carbocycles. The molecule has 2 atom stereocenters. The van der Waals surface area contributed by atoms with Crippen LogP contribution in [0.4, 0.5) is 0 Å². The second-order valence-electron chi connectivity index (χ2n) is 6.47. The van der Waals surface area contributed by atoms with E-state index < -0.39 is 24.0 Å². The molecule has 3 N–H and O–H groups in total. The first kappa shape index (κ1) is 19.4. The first-order chi connectivity index (χ1) is 13.5. The Bertz CT molecular complexity index is 985. The Morgan fingerprint density at radius 3 is 2.39 bits per heavy atom. The minimum absolute atomic E-state index is 0.0141. The number of carbonyl (C=O) groups is 2.